The van der Waals surface area contributed by atoms with Crippen LogP contribution in [0.2, 0.25) is 0 Å². The van der Waals surface area contributed by atoms with Crippen LogP contribution in [-0.4, -0.2) is 26.2 Å². The Morgan fingerprint density at radius 1 is 1.59 bits per heavy atom. The van der Waals surface area contributed by atoms with Gasteiger partial charge in [-0.3, -0.25) is 4.79 Å². The van der Waals surface area contributed by atoms with E-state index in [0.29, 0.717) is 6.61 Å². The van der Waals surface area contributed by atoms with Gasteiger partial charge in [0.05, 0.1) is 25.4 Å². The molecule has 1 atom stereocenters. The van der Waals surface area contributed by atoms with E-state index in [2.05, 4.69) is 0 Å². The summed E-state index contributed by atoms with van der Waals surface area (Å²) >= 11 is 0. The summed E-state index contributed by atoms with van der Waals surface area (Å²) in [4.78, 5) is 11.5. The highest BCUT2D eigenvalue weighted by molar-refractivity contribution is 5.78. The molecule has 0 saturated heterocycles. The van der Waals surface area contributed by atoms with Crippen LogP contribution in [0, 0.1) is 0 Å². The van der Waals surface area contributed by atoms with Crippen LogP contribution in [0.4, 0.5) is 0 Å². The number of hydrogen-bond acceptors (Lipinski definition) is 5. The zero-order chi connectivity index (χ0) is 12.5. The Kier molecular flexibility index (Phi) is 3.22. The number of carbonyl (C=O) groups is 1. The Morgan fingerprint density at radius 3 is 2.82 bits per heavy atom. The Labute approximate surface area is 99.9 Å². The summed E-state index contributed by atoms with van der Waals surface area (Å²) in [6, 6.07) is 1.18. The molecule has 0 radical (unpaired) electrons. The van der Waals surface area contributed by atoms with Crippen LogP contribution < -0.4 is 5.73 Å². The molecule has 1 aliphatic carbocycles. The molecule has 5 heteroatoms. The molecule has 2 rings (SSSR count). The average molecular weight is 239 g/mol. The van der Waals surface area contributed by atoms with Gasteiger partial charge in [-0.1, -0.05) is 0 Å². The predicted molar refractivity (Wildman–Crippen MR) is 60.3 cm³/mol. The summed E-state index contributed by atoms with van der Waals surface area (Å²) in [5, 5.41) is 0. The molecule has 0 bridgehead atoms. The molecular weight excluding hydrogens is 222 g/mol. The molecular formula is C12H17NO4. The minimum Gasteiger partial charge on any atom is -0.468 e. The standard InChI is InChI=1S/C12H17NO4/c1-15-7-8-3-6-17-10(8)12(4-5-12)9(13)11(14)16-2/h3,6,9H,4-5,7,13H2,1-2H3. The van der Waals surface area contributed by atoms with Gasteiger partial charge in [0, 0.05) is 12.7 Å². The Morgan fingerprint density at radius 2 is 2.29 bits per heavy atom. The molecule has 1 aliphatic rings. The molecule has 1 unspecified atom stereocenters. The van der Waals surface area contributed by atoms with E-state index in [1.54, 1.807) is 13.4 Å². The monoisotopic (exact) mass is 239 g/mol. The van der Waals surface area contributed by atoms with E-state index < -0.39 is 17.4 Å². The molecule has 1 heterocycles. The molecule has 5 nitrogen and oxygen atoms in total. The third-order valence-electron chi connectivity index (χ3n) is 3.34. The highest BCUT2D eigenvalue weighted by Gasteiger charge is 2.56. The van der Waals surface area contributed by atoms with Gasteiger partial charge in [0.2, 0.25) is 0 Å². The van der Waals surface area contributed by atoms with Gasteiger partial charge in [0.1, 0.15) is 11.8 Å². The lowest BCUT2D eigenvalue weighted by atomic mass is 9.91. The van der Waals surface area contributed by atoms with Crippen LogP contribution in [-0.2, 0) is 26.3 Å². The lowest BCUT2D eigenvalue weighted by Crippen LogP contribution is -2.43. The van der Waals surface area contributed by atoms with Gasteiger partial charge >= 0.3 is 5.97 Å². The minimum atomic E-state index is -0.672. The van der Waals surface area contributed by atoms with Crippen LogP contribution in [0.5, 0.6) is 0 Å². The fourth-order valence-corrected chi connectivity index (χ4v) is 2.21. The molecule has 1 fully saturated rings. The van der Waals surface area contributed by atoms with Crippen molar-refractivity contribution < 1.29 is 18.7 Å². The molecule has 2 N–H and O–H groups in total. The van der Waals surface area contributed by atoms with Gasteiger partial charge in [-0.2, -0.15) is 0 Å². The molecule has 94 valence electrons. The van der Waals surface area contributed by atoms with Crippen LogP contribution in [0.15, 0.2) is 16.7 Å². The first-order valence-corrected chi connectivity index (χ1v) is 5.55. The second-order valence-electron chi connectivity index (χ2n) is 4.36. The maximum atomic E-state index is 11.5. The van der Waals surface area contributed by atoms with E-state index in [-0.39, 0.29) is 0 Å². The SMILES string of the molecule is COCc1ccoc1C1(C(N)C(=O)OC)CC1. The van der Waals surface area contributed by atoms with Gasteiger partial charge < -0.3 is 19.6 Å². The zero-order valence-corrected chi connectivity index (χ0v) is 10.1. The molecule has 1 aromatic heterocycles. The van der Waals surface area contributed by atoms with Crippen molar-refractivity contribution in [3.63, 3.8) is 0 Å². The third-order valence-corrected chi connectivity index (χ3v) is 3.34. The van der Waals surface area contributed by atoms with Gasteiger partial charge in [-0.25, -0.2) is 0 Å². The maximum Gasteiger partial charge on any atom is 0.323 e. The summed E-state index contributed by atoms with van der Waals surface area (Å²) in [6.45, 7) is 0.460. The van der Waals surface area contributed by atoms with Crippen molar-refractivity contribution in [3.8, 4) is 0 Å². The van der Waals surface area contributed by atoms with Crippen molar-refractivity contribution in [1.82, 2.24) is 0 Å². The summed E-state index contributed by atoms with van der Waals surface area (Å²) in [6.07, 6.45) is 3.29. The summed E-state index contributed by atoms with van der Waals surface area (Å²) in [5.74, 6) is 0.361. The minimum absolute atomic E-state index is 0.398. The van der Waals surface area contributed by atoms with E-state index in [9.17, 15) is 4.79 Å². The Bertz CT molecular complexity index is 408. The largest absolute Gasteiger partial charge is 0.468 e. The van der Waals surface area contributed by atoms with Crippen LogP contribution in [0.3, 0.4) is 0 Å². The summed E-state index contributed by atoms with van der Waals surface area (Å²) in [5.41, 5.74) is 6.50. The van der Waals surface area contributed by atoms with Crippen LogP contribution in [0.25, 0.3) is 0 Å². The van der Waals surface area contributed by atoms with E-state index in [4.69, 9.17) is 19.6 Å². The van der Waals surface area contributed by atoms with Gasteiger partial charge in [0.25, 0.3) is 0 Å². The first-order chi connectivity index (χ1) is 8.15. The van der Waals surface area contributed by atoms with Crippen LogP contribution >= 0.6 is 0 Å². The fourth-order valence-electron chi connectivity index (χ4n) is 2.21. The molecule has 0 amide bonds. The zero-order valence-electron chi connectivity index (χ0n) is 10.1. The maximum absolute atomic E-state index is 11.5. The van der Waals surface area contributed by atoms with Crippen molar-refractivity contribution in [2.45, 2.75) is 30.9 Å². The molecule has 1 aromatic rings. The van der Waals surface area contributed by atoms with Crippen molar-refractivity contribution in [2.24, 2.45) is 5.73 Å². The topological polar surface area (TPSA) is 74.7 Å². The lowest BCUT2D eigenvalue weighted by Gasteiger charge is -2.20. The Hall–Kier alpha value is -1.33. The number of ether oxygens (including phenoxy) is 2. The van der Waals surface area contributed by atoms with E-state index in [0.717, 1.165) is 24.2 Å². The second kappa shape index (κ2) is 4.50. The number of methoxy groups -OCH3 is 2. The third kappa shape index (κ3) is 1.96. The highest BCUT2D eigenvalue weighted by Crippen LogP contribution is 2.52. The average Bonchev–Trinajstić information content (AvgIpc) is 3.02. The highest BCUT2D eigenvalue weighted by atomic mass is 16.5. The number of carbonyl (C=O) groups excluding carboxylic acids is 1. The number of furan rings is 1. The summed E-state index contributed by atoms with van der Waals surface area (Å²) < 4.78 is 15.3. The normalized spacial score (nSPS) is 18.8. The van der Waals surface area contributed by atoms with E-state index >= 15 is 0 Å². The predicted octanol–water partition coefficient (Wildman–Crippen LogP) is 0.958. The van der Waals surface area contributed by atoms with Crippen LogP contribution in [0.1, 0.15) is 24.2 Å². The molecule has 17 heavy (non-hydrogen) atoms. The van der Waals surface area contributed by atoms with Gasteiger partial charge in [-0.05, 0) is 18.9 Å². The number of hydrogen-bond donors (Lipinski definition) is 1. The van der Waals surface area contributed by atoms with E-state index in [1.807, 2.05) is 6.07 Å². The van der Waals surface area contributed by atoms with Crippen molar-refractivity contribution >= 4 is 5.97 Å². The molecule has 0 aromatic carbocycles. The number of rotatable bonds is 5. The van der Waals surface area contributed by atoms with Crippen molar-refractivity contribution in [3.05, 3.63) is 23.7 Å². The first kappa shape index (κ1) is 12.1. The fraction of sp³-hybridized carbons (Fsp3) is 0.583. The van der Waals surface area contributed by atoms with Gasteiger partial charge in [0.15, 0.2) is 0 Å². The van der Waals surface area contributed by atoms with Gasteiger partial charge in [-0.15, -0.1) is 0 Å². The van der Waals surface area contributed by atoms with Crippen molar-refractivity contribution in [2.75, 3.05) is 14.2 Å². The van der Waals surface area contributed by atoms with E-state index in [1.165, 1.54) is 7.11 Å². The smallest absolute Gasteiger partial charge is 0.323 e. The number of nitrogens with two attached hydrogens (primary N) is 1. The second-order valence-corrected chi connectivity index (χ2v) is 4.36. The first-order valence-electron chi connectivity index (χ1n) is 5.55. The quantitative estimate of drug-likeness (QED) is 0.774. The summed E-state index contributed by atoms with van der Waals surface area (Å²) in [7, 11) is 2.97. The lowest BCUT2D eigenvalue weighted by molar-refractivity contribution is -0.143. The molecule has 0 aliphatic heterocycles. The Balaban J connectivity index is 2.26. The molecule has 1 saturated carbocycles. The number of esters is 1. The molecule has 0 spiro atoms. The van der Waals surface area contributed by atoms with Crippen molar-refractivity contribution in [1.29, 1.82) is 0 Å².